The fraction of sp³-hybridized carbons (Fsp3) is 0.444. The molecule has 0 aromatic carbocycles. The first-order chi connectivity index (χ1) is 7.49. The number of carbonyl (C=O) groups is 2. The van der Waals surface area contributed by atoms with Crippen LogP contribution in [0.5, 0.6) is 5.88 Å². The zero-order valence-electron chi connectivity index (χ0n) is 8.89. The summed E-state index contributed by atoms with van der Waals surface area (Å²) < 4.78 is 9.67. The minimum absolute atomic E-state index is 0.190. The topological polar surface area (TPSA) is 102 Å². The summed E-state index contributed by atoms with van der Waals surface area (Å²) in [6.45, 7) is 2.75. The summed E-state index contributed by atoms with van der Waals surface area (Å²) in [4.78, 5) is 21.6. The Morgan fingerprint density at radius 3 is 2.88 bits per heavy atom. The number of amides is 1. The zero-order chi connectivity index (χ0) is 12.1. The Balaban J connectivity index is 2.33. The van der Waals surface area contributed by atoms with Crippen LogP contribution in [-0.4, -0.2) is 34.8 Å². The zero-order valence-corrected chi connectivity index (χ0v) is 8.89. The van der Waals surface area contributed by atoms with E-state index in [1.54, 1.807) is 6.92 Å². The summed E-state index contributed by atoms with van der Waals surface area (Å²) in [7, 11) is 0. The van der Waals surface area contributed by atoms with Crippen molar-refractivity contribution < 1.29 is 24.0 Å². The number of nitrogens with zero attached hydrogens (tertiary/aromatic N) is 1. The summed E-state index contributed by atoms with van der Waals surface area (Å²) >= 11 is 0. The highest BCUT2D eigenvalue weighted by atomic mass is 16.5. The minimum atomic E-state index is -1.11. The van der Waals surface area contributed by atoms with E-state index >= 15 is 0 Å². The Bertz CT molecular complexity index is 387. The lowest BCUT2D eigenvalue weighted by Crippen LogP contribution is -2.40. The maximum Gasteiger partial charge on any atom is 0.325 e. The van der Waals surface area contributed by atoms with Gasteiger partial charge in [-0.1, -0.05) is 0 Å². The molecule has 1 unspecified atom stereocenters. The molecule has 1 atom stereocenters. The molecular formula is C9H12N2O5. The summed E-state index contributed by atoms with van der Waals surface area (Å²) in [5.74, 6) is -0.883. The first-order valence-electron chi connectivity index (χ1n) is 4.57. The van der Waals surface area contributed by atoms with Gasteiger partial charge >= 0.3 is 5.97 Å². The average molecular weight is 228 g/mol. The van der Waals surface area contributed by atoms with Gasteiger partial charge in [-0.3, -0.25) is 9.59 Å². The molecule has 1 rings (SSSR count). The van der Waals surface area contributed by atoms with Crippen LogP contribution in [-0.2, 0) is 9.59 Å². The molecule has 0 spiro atoms. The summed E-state index contributed by atoms with van der Waals surface area (Å²) in [6.07, 6.45) is 0. The van der Waals surface area contributed by atoms with Gasteiger partial charge in [0.05, 0.1) is 0 Å². The second-order valence-corrected chi connectivity index (χ2v) is 3.19. The third kappa shape index (κ3) is 3.60. The molecule has 0 fully saturated rings. The standard InChI is InChI=1S/C9H12N2O5/c1-5-3-8(11-16-5)15-4-7(12)10-6(2)9(13)14/h3,6H,4H2,1-2H3,(H,10,12)(H,13,14). The molecule has 0 saturated carbocycles. The quantitative estimate of drug-likeness (QED) is 0.732. The Labute approximate surface area is 91.4 Å². The van der Waals surface area contributed by atoms with Crippen LogP contribution >= 0.6 is 0 Å². The number of ether oxygens (including phenoxy) is 1. The van der Waals surface area contributed by atoms with Crippen molar-refractivity contribution in [3.05, 3.63) is 11.8 Å². The molecule has 16 heavy (non-hydrogen) atoms. The van der Waals surface area contributed by atoms with E-state index in [2.05, 4.69) is 10.5 Å². The Hall–Kier alpha value is -2.05. The molecule has 1 aromatic heterocycles. The number of nitrogens with one attached hydrogen (secondary N) is 1. The van der Waals surface area contributed by atoms with E-state index in [4.69, 9.17) is 14.4 Å². The van der Waals surface area contributed by atoms with Crippen molar-refractivity contribution in [1.82, 2.24) is 10.5 Å². The Morgan fingerprint density at radius 1 is 1.69 bits per heavy atom. The number of hydrogen-bond donors (Lipinski definition) is 2. The van der Waals surface area contributed by atoms with Crippen molar-refractivity contribution >= 4 is 11.9 Å². The molecule has 1 heterocycles. The van der Waals surface area contributed by atoms with E-state index in [9.17, 15) is 9.59 Å². The molecule has 0 radical (unpaired) electrons. The van der Waals surface area contributed by atoms with Gasteiger partial charge in [0.25, 0.3) is 11.8 Å². The summed E-state index contributed by atoms with van der Waals surface area (Å²) in [5.41, 5.74) is 0. The van der Waals surface area contributed by atoms with Gasteiger partial charge in [0, 0.05) is 6.07 Å². The second kappa shape index (κ2) is 5.15. The van der Waals surface area contributed by atoms with Gasteiger partial charge in [0.15, 0.2) is 6.61 Å². The third-order valence-electron chi connectivity index (χ3n) is 1.71. The van der Waals surface area contributed by atoms with Crippen LogP contribution in [0.15, 0.2) is 10.6 Å². The second-order valence-electron chi connectivity index (χ2n) is 3.19. The Morgan fingerprint density at radius 2 is 2.38 bits per heavy atom. The lowest BCUT2D eigenvalue weighted by molar-refractivity contribution is -0.141. The molecule has 0 aliphatic carbocycles. The molecule has 0 bridgehead atoms. The molecule has 1 amide bonds. The van der Waals surface area contributed by atoms with Crippen molar-refractivity contribution in [2.75, 3.05) is 6.61 Å². The van der Waals surface area contributed by atoms with Crippen molar-refractivity contribution in [3.63, 3.8) is 0 Å². The first kappa shape index (κ1) is 12.0. The number of carboxylic acid groups (broad SMARTS) is 1. The van der Waals surface area contributed by atoms with Gasteiger partial charge in [-0.25, -0.2) is 0 Å². The SMILES string of the molecule is Cc1cc(OCC(=O)NC(C)C(=O)O)no1. The Kier molecular flexibility index (Phi) is 3.87. The van der Waals surface area contributed by atoms with Gasteiger partial charge in [0.2, 0.25) is 0 Å². The first-order valence-corrected chi connectivity index (χ1v) is 4.57. The van der Waals surface area contributed by atoms with Gasteiger partial charge in [-0.15, -0.1) is 0 Å². The normalized spacial score (nSPS) is 11.9. The molecule has 7 heteroatoms. The van der Waals surface area contributed by atoms with Crippen molar-refractivity contribution in [1.29, 1.82) is 0 Å². The van der Waals surface area contributed by atoms with Crippen LogP contribution in [0, 0.1) is 6.92 Å². The van der Waals surface area contributed by atoms with Crippen molar-refractivity contribution in [3.8, 4) is 5.88 Å². The van der Waals surface area contributed by atoms with Crippen LogP contribution in [0.4, 0.5) is 0 Å². The van der Waals surface area contributed by atoms with Crippen LogP contribution in [0.2, 0.25) is 0 Å². The van der Waals surface area contributed by atoms with Crippen molar-refractivity contribution in [2.24, 2.45) is 0 Å². The summed E-state index contributed by atoms with van der Waals surface area (Å²) in [5, 5.41) is 14.3. The number of rotatable bonds is 5. The molecule has 0 aliphatic rings. The van der Waals surface area contributed by atoms with Crippen LogP contribution in [0.25, 0.3) is 0 Å². The lowest BCUT2D eigenvalue weighted by atomic mass is 10.3. The molecule has 0 saturated heterocycles. The molecule has 2 N–H and O–H groups in total. The molecule has 88 valence electrons. The number of aryl methyl sites for hydroxylation is 1. The monoisotopic (exact) mass is 228 g/mol. The van der Waals surface area contributed by atoms with Crippen LogP contribution in [0.1, 0.15) is 12.7 Å². The fourth-order valence-electron chi connectivity index (χ4n) is 0.896. The highest BCUT2D eigenvalue weighted by molar-refractivity contribution is 5.84. The molecule has 7 nitrogen and oxygen atoms in total. The smallest absolute Gasteiger partial charge is 0.325 e. The fourth-order valence-corrected chi connectivity index (χ4v) is 0.896. The highest BCUT2D eigenvalue weighted by Crippen LogP contribution is 2.09. The largest absolute Gasteiger partial charge is 0.480 e. The van der Waals surface area contributed by atoms with Crippen LogP contribution < -0.4 is 10.1 Å². The van der Waals surface area contributed by atoms with E-state index in [-0.39, 0.29) is 12.5 Å². The van der Waals surface area contributed by atoms with E-state index < -0.39 is 17.9 Å². The predicted octanol–water partition coefficient (Wildman–Crippen LogP) is -0.0489. The maximum atomic E-state index is 11.2. The minimum Gasteiger partial charge on any atom is -0.480 e. The van der Waals surface area contributed by atoms with E-state index in [1.165, 1.54) is 13.0 Å². The third-order valence-corrected chi connectivity index (χ3v) is 1.71. The molecular weight excluding hydrogens is 216 g/mol. The number of carboxylic acids is 1. The average Bonchev–Trinajstić information content (AvgIpc) is 2.61. The van der Waals surface area contributed by atoms with E-state index in [1.807, 2.05) is 0 Å². The van der Waals surface area contributed by atoms with Gasteiger partial charge in [-0.2, -0.15) is 0 Å². The summed E-state index contributed by atoms with van der Waals surface area (Å²) in [6, 6.07) is 0.573. The van der Waals surface area contributed by atoms with Gasteiger partial charge in [0.1, 0.15) is 11.8 Å². The van der Waals surface area contributed by atoms with E-state index in [0.717, 1.165) is 0 Å². The lowest BCUT2D eigenvalue weighted by Gasteiger charge is -2.08. The van der Waals surface area contributed by atoms with Gasteiger partial charge in [-0.05, 0) is 19.0 Å². The highest BCUT2D eigenvalue weighted by Gasteiger charge is 2.14. The molecule has 1 aromatic rings. The number of carbonyl (C=O) groups excluding carboxylic acids is 1. The number of aromatic nitrogens is 1. The predicted molar refractivity (Wildman–Crippen MR) is 52.0 cm³/mol. The van der Waals surface area contributed by atoms with Crippen molar-refractivity contribution in [2.45, 2.75) is 19.9 Å². The number of aliphatic carboxylic acids is 1. The maximum absolute atomic E-state index is 11.2. The van der Waals surface area contributed by atoms with Gasteiger partial charge < -0.3 is 19.7 Å². The number of hydrogen-bond acceptors (Lipinski definition) is 5. The molecule has 0 aliphatic heterocycles. The van der Waals surface area contributed by atoms with E-state index in [0.29, 0.717) is 5.76 Å². The van der Waals surface area contributed by atoms with Crippen LogP contribution in [0.3, 0.4) is 0 Å².